The normalized spacial score (nSPS) is 24.0. The predicted octanol–water partition coefficient (Wildman–Crippen LogP) is 3.69. The van der Waals surface area contributed by atoms with E-state index in [-0.39, 0.29) is 5.82 Å². The molecule has 3 aliphatic rings. The quantitative estimate of drug-likeness (QED) is 0.637. The first-order valence-corrected chi connectivity index (χ1v) is 11.7. The van der Waals surface area contributed by atoms with Crippen molar-refractivity contribution in [1.29, 1.82) is 0 Å². The number of nitrogens with zero attached hydrogens (tertiary/aromatic N) is 6. The summed E-state index contributed by atoms with van der Waals surface area (Å²) in [7, 11) is 1.65. The summed E-state index contributed by atoms with van der Waals surface area (Å²) in [4.78, 5) is 13.6. The minimum absolute atomic E-state index is 0.238. The monoisotopic (exact) mass is 449 g/mol. The predicted molar refractivity (Wildman–Crippen MR) is 125 cm³/mol. The molecule has 1 unspecified atom stereocenters. The van der Waals surface area contributed by atoms with Gasteiger partial charge in [0.1, 0.15) is 5.82 Å². The topological polar surface area (TPSA) is 71.3 Å². The first kappa shape index (κ1) is 20.3. The Kier molecular flexibility index (Phi) is 5.04. The average molecular weight is 450 g/mol. The molecule has 0 radical (unpaired) electrons. The van der Waals surface area contributed by atoms with Crippen LogP contribution < -0.4 is 19.9 Å². The molecule has 8 nitrogen and oxygen atoms in total. The van der Waals surface area contributed by atoms with Gasteiger partial charge in [-0.25, -0.2) is 14.1 Å². The summed E-state index contributed by atoms with van der Waals surface area (Å²) < 4.78 is 21.1. The summed E-state index contributed by atoms with van der Waals surface area (Å²) in [5.74, 6) is 2.93. The number of hydrogen-bond acceptors (Lipinski definition) is 7. The third kappa shape index (κ3) is 3.75. The maximum absolute atomic E-state index is 13.8. The smallest absolute Gasteiger partial charge is 0.244 e. The number of anilines is 4. The van der Waals surface area contributed by atoms with E-state index in [1.807, 2.05) is 23.0 Å². The van der Waals surface area contributed by atoms with Crippen LogP contribution in [0.4, 0.5) is 27.7 Å². The molecule has 2 aromatic heterocycles. The zero-order valence-corrected chi connectivity index (χ0v) is 18.7. The second-order valence-corrected chi connectivity index (χ2v) is 9.17. The van der Waals surface area contributed by atoms with Gasteiger partial charge in [0.2, 0.25) is 17.8 Å². The number of piperidine rings is 1. The third-order valence-electron chi connectivity index (χ3n) is 7.19. The minimum atomic E-state index is -0.238. The van der Waals surface area contributed by atoms with E-state index in [4.69, 9.17) is 14.8 Å². The van der Waals surface area contributed by atoms with E-state index in [0.717, 1.165) is 44.2 Å². The van der Waals surface area contributed by atoms with Crippen molar-refractivity contribution in [3.05, 3.63) is 48.4 Å². The van der Waals surface area contributed by atoms with Gasteiger partial charge in [-0.05, 0) is 55.4 Å². The largest absolute Gasteiger partial charge is 0.481 e. The number of methoxy groups -OCH3 is 1. The molecule has 9 heteroatoms. The highest BCUT2D eigenvalue weighted by atomic mass is 19.1. The Morgan fingerprint density at radius 2 is 1.91 bits per heavy atom. The van der Waals surface area contributed by atoms with Gasteiger partial charge in [0.05, 0.1) is 7.11 Å². The number of fused-ring (bicyclic) bond motifs is 3. The second-order valence-electron chi connectivity index (χ2n) is 9.17. The van der Waals surface area contributed by atoms with E-state index in [2.05, 4.69) is 26.2 Å². The van der Waals surface area contributed by atoms with Gasteiger partial charge in [-0.2, -0.15) is 4.98 Å². The number of hydrogen-bond donors (Lipinski definition) is 1. The SMILES string of the molecule is COc1cc(N2CC3CC[C@@H](C2)[C@@H]3Nc2nc3n(n2)CCCN3c2cccc(F)c2)ccn1. The van der Waals surface area contributed by atoms with Gasteiger partial charge in [0, 0.05) is 55.9 Å². The van der Waals surface area contributed by atoms with Crippen LogP contribution in [0.15, 0.2) is 42.6 Å². The Hall–Kier alpha value is -3.36. The number of benzene rings is 1. The summed E-state index contributed by atoms with van der Waals surface area (Å²) in [5.41, 5.74) is 1.98. The number of halogens is 1. The van der Waals surface area contributed by atoms with E-state index in [9.17, 15) is 4.39 Å². The fourth-order valence-electron chi connectivity index (χ4n) is 5.64. The lowest BCUT2D eigenvalue weighted by Gasteiger charge is -2.39. The zero-order chi connectivity index (χ0) is 22.4. The molecule has 1 N–H and O–H groups in total. The van der Waals surface area contributed by atoms with Gasteiger partial charge in [0.15, 0.2) is 0 Å². The molecule has 6 rings (SSSR count). The van der Waals surface area contributed by atoms with Gasteiger partial charge >= 0.3 is 0 Å². The van der Waals surface area contributed by atoms with Crippen LogP contribution in [0.3, 0.4) is 0 Å². The molecule has 0 spiro atoms. The van der Waals surface area contributed by atoms with Gasteiger partial charge in [-0.1, -0.05) is 6.07 Å². The summed E-state index contributed by atoms with van der Waals surface area (Å²) in [6.07, 6.45) is 5.16. The summed E-state index contributed by atoms with van der Waals surface area (Å²) >= 11 is 0. The standard InChI is InChI=1S/C24H28FN7O/c1-33-21-13-19(8-9-26-21)30-14-16-6-7-17(15-30)22(16)27-23-28-24-31(10-3-11-32(24)29-23)20-5-2-4-18(25)12-20/h2,4-5,8-9,12-13,16-17,22H,3,6-7,10-11,14-15H2,1H3,(H,27,29)/t16-,17?,22-/m0/s1. The van der Waals surface area contributed by atoms with E-state index in [1.165, 1.54) is 24.6 Å². The first-order chi connectivity index (χ1) is 16.2. The van der Waals surface area contributed by atoms with Crippen LogP contribution in [0.1, 0.15) is 19.3 Å². The molecule has 1 aliphatic carbocycles. The molecule has 1 aromatic carbocycles. The van der Waals surface area contributed by atoms with Crippen LogP contribution in [0.2, 0.25) is 0 Å². The molecule has 0 amide bonds. The molecule has 3 aromatic rings. The Morgan fingerprint density at radius 1 is 1.06 bits per heavy atom. The van der Waals surface area contributed by atoms with Crippen LogP contribution in [-0.4, -0.2) is 52.5 Å². The summed E-state index contributed by atoms with van der Waals surface area (Å²) in [6, 6.07) is 11.1. The highest BCUT2D eigenvalue weighted by Gasteiger charge is 2.43. The minimum Gasteiger partial charge on any atom is -0.481 e. The fraction of sp³-hybridized carbons (Fsp3) is 0.458. The van der Waals surface area contributed by atoms with Crippen LogP contribution in [0, 0.1) is 17.7 Å². The third-order valence-corrected chi connectivity index (χ3v) is 7.19. The lowest BCUT2D eigenvalue weighted by Crippen LogP contribution is -2.48. The van der Waals surface area contributed by atoms with Crippen LogP contribution in [-0.2, 0) is 6.54 Å². The van der Waals surface area contributed by atoms with Crippen molar-refractivity contribution >= 4 is 23.3 Å². The summed E-state index contributed by atoms with van der Waals surface area (Å²) in [5, 5.41) is 8.43. The number of aromatic nitrogens is 4. The van der Waals surface area contributed by atoms with Crippen molar-refractivity contribution in [1.82, 2.24) is 19.7 Å². The maximum Gasteiger partial charge on any atom is 0.244 e. The Bertz CT molecular complexity index is 1140. The average Bonchev–Trinajstić information content (AvgIpc) is 3.34. The van der Waals surface area contributed by atoms with E-state index in [0.29, 0.717) is 29.7 Å². The Balaban J connectivity index is 1.19. The Labute approximate surface area is 192 Å². The molecular formula is C24H28FN7O. The van der Waals surface area contributed by atoms with Crippen LogP contribution >= 0.6 is 0 Å². The van der Waals surface area contributed by atoms with E-state index < -0.39 is 0 Å². The number of rotatable bonds is 5. The van der Waals surface area contributed by atoms with Crippen LogP contribution in [0.25, 0.3) is 0 Å². The lowest BCUT2D eigenvalue weighted by molar-refractivity contribution is 0.374. The summed E-state index contributed by atoms with van der Waals surface area (Å²) in [6.45, 7) is 3.61. The second kappa shape index (κ2) is 8.20. The fourth-order valence-corrected chi connectivity index (χ4v) is 5.64. The maximum atomic E-state index is 13.8. The van der Waals surface area contributed by atoms with Gasteiger partial charge < -0.3 is 19.9 Å². The molecule has 172 valence electrons. The molecule has 1 saturated heterocycles. The molecule has 2 aliphatic heterocycles. The number of ether oxygens (including phenoxy) is 1. The number of pyridine rings is 1. The van der Waals surface area contributed by atoms with Crippen molar-refractivity contribution in [3.63, 3.8) is 0 Å². The molecular weight excluding hydrogens is 421 g/mol. The van der Waals surface area contributed by atoms with Gasteiger partial charge in [-0.3, -0.25) is 0 Å². The van der Waals surface area contributed by atoms with E-state index in [1.54, 1.807) is 19.2 Å². The van der Waals surface area contributed by atoms with E-state index >= 15 is 0 Å². The highest BCUT2D eigenvalue weighted by Crippen LogP contribution is 2.40. The lowest BCUT2D eigenvalue weighted by atomic mass is 9.92. The van der Waals surface area contributed by atoms with Crippen molar-refractivity contribution in [2.75, 3.05) is 41.9 Å². The molecule has 2 fully saturated rings. The van der Waals surface area contributed by atoms with Crippen LogP contribution in [0.5, 0.6) is 5.88 Å². The molecule has 1 saturated carbocycles. The highest BCUT2D eigenvalue weighted by molar-refractivity contribution is 5.59. The van der Waals surface area contributed by atoms with Crippen molar-refractivity contribution in [2.24, 2.45) is 11.8 Å². The number of nitrogens with one attached hydrogen (secondary N) is 1. The first-order valence-electron chi connectivity index (χ1n) is 11.7. The molecule has 3 atom stereocenters. The molecule has 2 bridgehead atoms. The Morgan fingerprint density at radius 3 is 2.70 bits per heavy atom. The van der Waals surface area contributed by atoms with Crippen molar-refractivity contribution < 1.29 is 9.13 Å². The number of aryl methyl sites for hydroxylation is 1. The van der Waals surface area contributed by atoms with Gasteiger partial charge in [0.25, 0.3) is 0 Å². The zero-order valence-electron chi connectivity index (χ0n) is 18.7. The van der Waals surface area contributed by atoms with Gasteiger partial charge in [-0.15, -0.1) is 5.10 Å². The van der Waals surface area contributed by atoms with Crippen molar-refractivity contribution in [3.8, 4) is 5.88 Å². The van der Waals surface area contributed by atoms with Crippen molar-refractivity contribution in [2.45, 2.75) is 31.8 Å². The molecule has 33 heavy (non-hydrogen) atoms. The molecule has 4 heterocycles.